The molecule has 0 saturated heterocycles. The van der Waals surface area contributed by atoms with Crippen molar-refractivity contribution in [3.63, 3.8) is 0 Å². The number of hydrogen-bond donors (Lipinski definition) is 0. The summed E-state index contributed by atoms with van der Waals surface area (Å²) in [4.78, 5) is 17.0. The summed E-state index contributed by atoms with van der Waals surface area (Å²) in [5, 5.41) is 0. The topological polar surface area (TPSA) is 29.4 Å². The molecular formula is C30H36FNO. The van der Waals surface area contributed by atoms with E-state index in [2.05, 4.69) is 42.0 Å². The summed E-state index contributed by atoms with van der Waals surface area (Å²) in [6, 6.07) is 6.72. The van der Waals surface area contributed by atoms with Crippen LogP contribution in [0.3, 0.4) is 0 Å². The monoisotopic (exact) mass is 445 g/mol. The van der Waals surface area contributed by atoms with Gasteiger partial charge in [0.25, 0.3) is 0 Å². The Labute approximate surface area is 198 Å². The second-order valence-corrected chi connectivity index (χ2v) is 9.12. The number of halogens is 1. The smallest absolute Gasteiger partial charge is 0.155 e. The third-order valence-corrected chi connectivity index (χ3v) is 6.58. The first-order chi connectivity index (χ1) is 16.1. The molecule has 1 aliphatic carbocycles. The average Bonchev–Trinajstić information content (AvgIpc) is 3.03. The van der Waals surface area contributed by atoms with E-state index in [0.717, 1.165) is 51.4 Å². The van der Waals surface area contributed by atoms with Crippen LogP contribution in [-0.2, 0) is 4.79 Å². The molecule has 33 heavy (non-hydrogen) atoms. The maximum atomic E-state index is 13.9. The molecule has 1 heterocycles. The maximum absolute atomic E-state index is 13.9. The standard InChI is InChI=1S/C30H36FNO/c1-3-24(19-20-26(33)22-23(2)27-15-9-10-17-29(27)31)12-5-4-6-18-30-28-16-8-7-13-25(28)14-11-21-32-30/h8-10,14-17,19-21,23-24H,3-7,12-13,18,22H2,1-2H3/b20-19+. The summed E-state index contributed by atoms with van der Waals surface area (Å²) in [5.74, 6) is 0.134. The molecule has 3 heteroatoms. The van der Waals surface area contributed by atoms with Crippen LogP contribution >= 0.6 is 0 Å². The van der Waals surface area contributed by atoms with E-state index in [-0.39, 0.29) is 17.5 Å². The van der Waals surface area contributed by atoms with Gasteiger partial charge in [-0.3, -0.25) is 9.79 Å². The third kappa shape index (κ3) is 7.65. The van der Waals surface area contributed by atoms with Crippen molar-refractivity contribution in [2.75, 3.05) is 0 Å². The van der Waals surface area contributed by atoms with Crippen LogP contribution in [0, 0.1) is 11.7 Å². The maximum Gasteiger partial charge on any atom is 0.155 e. The van der Waals surface area contributed by atoms with Gasteiger partial charge in [-0.15, -0.1) is 5.73 Å². The second kappa shape index (κ2) is 13.1. The first kappa shape index (κ1) is 24.9. The zero-order valence-electron chi connectivity index (χ0n) is 20.0. The molecule has 0 N–H and O–H groups in total. The minimum atomic E-state index is -0.234. The van der Waals surface area contributed by atoms with Gasteiger partial charge >= 0.3 is 0 Å². The number of nitrogens with zero attached hydrogens (tertiary/aromatic N) is 1. The molecule has 2 nitrogen and oxygen atoms in total. The van der Waals surface area contributed by atoms with Gasteiger partial charge in [0.2, 0.25) is 0 Å². The van der Waals surface area contributed by atoms with Crippen LogP contribution in [0.5, 0.6) is 0 Å². The minimum absolute atomic E-state index is 0.0712. The molecule has 0 bridgehead atoms. The molecule has 0 spiro atoms. The quantitative estimate of drug-likeness (QED) is 0.181. The van der Waals surface area contributed by atoms with Gasteiger partial charge in [0, 0.05) is 12.1 Å². The molecule has 1 aromatic rings. The van der Waals surface area contributed by atoms with Crippen LogP contribution in [0.1, 0.15) is 83.1 Å². The highest BCUT2D eigenvalue weighted by atomic mass is 19.1. The number of carbonyl (C=O) groups is 1. The van der Waals surface area contributed by atoms with E-state index in [1.807, 2.05) is 13.0 Å². The summed E-state index contributed by atoms with van der Waals surface area (Å²) in [7, 11) is 0. The lowest BCUT2D eigenvalue weighted by molar-refractivity contribution is -0.114. The Morgan fingerprint density at radius 1 is 1.24 bits per heavy atom. The van der Waals surface area contributed by atoms with Gasteiger partial charge < -0.3 is 0 Å². The third-order valence-electron chi connectivity index (χ3n) is 6.58. The number of unbranched alkanes of at least 4 members (excludes halogenated alkanes) is 2. The second-order valence-electron chi connectivity index (χ2n) is 9.12. The summed E-state index contributed by atoms with van der Waals surface area (Å²) in [6.45, 7) is 4.08. The predicted octanol–water partition coefficient (Wildman–Crippen LogP) is 8.19. The van der Waals surface area contributed by atoms with E-state index in [9.17, 15) is 9.18 Å². The van der Waals surface area contributed by atoms with Crippen LogP contribution in [-0.4, -0.2) is 11.5 Å². The highest BCUT2D eigenvalue weighted by molar-refractivity contribution is 6.04. The van der Waals surface area contributed by atoms with Gasteiger partial charge in [0.15, 0.2) is 5.78 Å². The first-order valence-corrected chi connectivity index (χ1v) is 12.4. The minimum Gasteiger partial charge on any atom is -0.295 e. The number of rotatable bonds is 12. The fourth-order valence-electron chi connectivity index (χ4n) is 4.55. The van der Waals surface area contributed by atoms with E-state index in [0.29, 0.717) is 17.9 Å². The Kier molecular flexibility index (Phi) is 9.84. The van der Waals surface area contributed by atoms with Crippen molar-refractivity contribution in [1.82, 2.24) is 0 Å². The molecule has 0 saturated carbocycles. The molecule has 174 valence electrons. The van der Waals surface area contributed by atoms with E-state index >= 15 is 0 Å². The highest BCUT2D eigenvalue weighted by Gasteiger charge is 2.15. The van der Waals surface area contributed by atoms with Crippen molar-refractivity contribution in [2.24, 2.45) is 10.9 Å². The van der Waals surface area contributed by atoms with Crippen molar-refractivity contribution < 1.29 is 9.18 Å². The Morgan fingerprint density at radius 2 is 2.09 bits per heavy atom. The fraction of sp³-hybridized carbons (Fsp3) is 0.433. The van der Waals surface area contributed by atoms with Crippen molar-refractivity contribution in [3.8, 4) is 0 Å². The summed E-state index contributed by atoms with van der Waals surface area (Å²) in [6.07, 6.45) is 21.2. The Bertz CT molecular complexity index is 1000. The van der Waals surface area contributed by atoms with Crippen molar-refractivity contribution in [3.05, 3.63) is 89.1 Å². The molecule has 1 aromatic carbocycles. The van der Waals surface area contributed by atoms with Crippen LogP contribution in [0.25, 0.3) is 0 Å². The summed E-state index contributed by atoms with van der Waals surface area (Å²) in [5.41, 5.74) is 7.61. The molecular weight excluding hydrogens is 409 g/mol. The molecule has 0 radical (unpaired) electrons. The van der Waals surface area contributed by atoms with E-state index in [1.54, 1.807) is 24.4 Å². The van der Waals surface area contributed by atoms with Gasteiger partial charge in [-0.2, -0.15) is 0 Å². The Morgan fingerprint density at radius 3 is 2.91 bits per heavy atom. The summed E-state index contributed by atoms with van der Waals surface area (Å²) >= 11 is 0. The predicted molar refractivity (Wildman–Crippen MR) is 136 cm³/mol. The van der Waals surface area contributed by atoms with Crippen LogP contribution < -0.4 is 0 Å². The Hall–Kier alpha value is -2.77. The van der Waals surface area contributed by atoms with Gasteiger partial charge in [-0.25, -0.2) is 4.39 Å². The molecule has 1 aliphatic heterocycles. The van der Waals surface area contributed by atoms with Gasteiger partial charge in [-0.1, -0.05) is 63.1 Å². The fourth-order valence-corrected chi connectivity index (χ4v) is 4.55. The molecule has 3 rings (SSSR count). The highest BCUT2D eigenvalue weighted by Crippen LogP contribution is 2.26. The molecule has 0 fully saturated rings. The number of hydrogen-bond acceptors (Lipinski definition) is 2. The zero-order chi connectivity index (χ0) is 23.5. The van der Waals surface area contributed by atoms with Gasteiger partial charge in [-0.05, 0) is 85.3 Å². The molecule has 2 unspecified atom stereocenters. The number of ketones is 1. The van der Waals surface area contributed by atoms with Crippen molar-refractivity contribution >= 4 is 11.5 Å². The normalized spacial score (nSPS) is 17.1. The van der Waals surface area contributed by atoms with Crippen LogP contribution in [0.2, 0.25) is 0 Å². The number of carbonyl (C=O) groups excluding carboxylic acids is 1. The number of allylic oxidation sites excluding steroid dienone is 7. The SMILES string of the molecule is CCC(/C=C/C(=O)CC(C)c1ccccc1F)CCCCCC1=NC=C=CC2=C1C=CCC2. The first-order valence-electron chi connectivity index (χ1n) is 12.4. The number of benzene rings is 1. The van der Waals surface area contributed by atoms with Crippen molar-refractivity contribution in [1.29, 1.82) is 0 Å². The van der Waals surface area contributed by atoms with Crippen LogP contribution in [0.15, 0.2) is 82.7 Å². The molecule has 0 aromatic heterocycles. The lowest BCUT2D eigenvalue weighted by Gasteiger charge is -2.14. The average molecular weight is 446 g/mol. The summed E-state index contributed by atoms with van der Waals surface area (Å²) < 4.78 is 13.9. The van der Waals surface area contributed by atoms with Gasteiger partial charge in [0.05, 0.1) is 6.20 Å². The lowest BCUT2D eigenvalue weighted by atomic mass is 9.91. The Balaban J connectivity index is 1.39. The molecule has 0 amide bonds. The number of aliphatic imine (C=N–C) groups is 1. The zero-order valence-corrected chi connectivity index (χ0v) is 20.0. The molecule has 2 atom stereocenters. The van der Waals surface area contributed by atoms with Crippen LogP contribution in [0.4, 0.5) is 4.39 Å². The largest absolute Gasteiger partial charge is 0.295 e. The van der Waals surface area contributed by atoms with E-state index in [1.165, 1.54) is 22.9 Å². The van der Waals surface area contributed by atoms with Gasteiger partial charge in [0.1, 0.15) is 5.82 Å². The van der Waals surface area contributed by atoms with Crippen molar-refractivity contribution in [2.45, 2.75) is 77.6 Å². The molecule has 2 aliphatic rings. The van der Waals surface area contributed by atoms with E-state index < -0.39 is 0 Å². The van der Waals surface area contributed by atoms with E-state index in [4.69, 9.17) is 0 Å². The lowest BCUT2D eigenvalue weighted by Crippen LogP contribution is -2.06.